The summed E-state index contributed by atoms with van der Waals surface area (Å²) in [4.78, 5) is 13.5. The Labute approximate surface area is 149 Å². The summed E-state index contributed by atoms with van der Waals surface area (Å²) in [5.41, 5.74) is 3.68. The lowest BCUT2D eigenvalue weighted by Crippen LogP contribution is -2.39. The van der Waals surface area contributed by atoms with Crippen LogP contribution in [0, 0.1) is 5.92 Å². The van der Waals surface area contributed by atoms with Crippen molar-refractivity contribution in [3.8, 4) is 0 Å². The van der Waals surface area contributed by atoms with Crippen LogP contribution in [0.1, 0.15) is 30.4 Å². The quantitative estimate of drug-likeness (QED) is 0.874. The van der Waals surface area contributed by atoms with Gasteiger partial charge in [-0.05, 0) is 48.6 Å². The molecular weight excluding hydrogens is 312 g/mol. The van der Waals surface area contributed by atoms with Crippen molar-refractivity contribution < 1.29 is 9.90 Å². The van der Waals surface area contributed by atoms with Crippen LogP contribution in [0.15, 0.2) is 54.9 Å². The lowest BCUT2D eigenvalue weighted by molar-refractivity contribution is -0.143. The highest BCUT2D eigenvalue weighted by molar-refractivity contribution is 5.79. The van der Waals surface area contributed by atoms with Gasteiger partial charge in [0.15, 0.2) is 0 Å². The Morgan fingerprint density at radius 2 is 2.04 bits per heavy atom. The fraction of sp³-hybridized carbons (Fsp3) is 0.381. The summed E-state index contributed by atoms with van der Waals surface area (Å²) in [5.74, 6) is -0.866. The first-order chi connectivity index (χ1) is 12.1. The Balaban J connectivity index is 1.70. The number of nitrogens with zero attached hydrogens (tertiary/aromatic N) is 2. The number of carboxylic acid groups (broad SMARTS) is 1. The summed E-state index contributed by atoms with van der Waals surface area (Å²) in [6.45, 7) is 2.59. The smallest absolute Gasteiger partial charge is 0.307 e. The lowest BCUT2D eigenvalue weighted by atomic mass is 9.97. The van der Waals surface area contributed by atoms with Gasteiger partial charge >= 0.3 is 5.97 Å². The molecule has 2 heterocycles. The second-order valence-corrected chi connectivity index (χ2v) is 6.82. The number of rotatable bonds is 6. The van der Waals surface area contributed by atoms with Crippen LogP contribution in [0.4, 0.5) is 0 Å². The first-order valence-electron chi connectivity index (χ1n) is 8.96. The van der Waals surface area contributed by atoms with Crippen LogP contribution < -0.4 is 0 Å². The van der Waals surface area contributed by atoms with Crippen molar-refractivity contribution >= 4 is 11.5 Å². The molecule has 1 aromatic carbocycles. The monoisotopic (exact) mass is 338 g/mol. The van der Waals surface area contributed by atoms with Crippen LogP contribution in [-0.2, 0) is 11.8 Å². The van der Waals surface area contributed by atoms with Gasteiger partial charge < -0.3 is 14.6 Å². The van der Waals surface area contributed by atoms with Gasteiger partial charge in [0.2, 0.25) is 0 Å². The molecule has 1 aromatic heterocycles. The molecule has 3 rings (SSSR count). The number of likely N-dealkylation sites (tertiary alicyclic amines) is 1. The number of hydrogen-bond acceptors (Lipinski definition) is 2. The van der Waals surface area contributed by atoms with E-state index >= 15 is 0 Å². The van der Waals surface area contributed by atoms with Gasteiger partial charge in [0.25, 0.3) is 0 Å². The number of aromatic nitrogens is 1. The summed E-state index contributed by atoms with van der Waals surface area (Å²) >= 11 is 0. The first-order valence-corrected chi connectivity index (χ1v) is 8.96. The zero-order valence-corrected chi connectivity index (χ0v) is 14.8. The van der Waals surface area contributed by atoms with Crippen molar-refractivity contribution in [2.75, 3.05) is 19.6 Å². The van der Waals surface area contributed by atoms with Gasteiger partial charge in [-0.15, -0.1) is 0 Å². The molecule has 1 N–H and O–H groups in total. The zero-order valence-electron chi connectivity index (χ0n) is 14.8. The molecule has 0 amide bonds. The summed E-state index contributed by atoms with van der Waals surface area (Å²) in [7, 11) is 2.03. The fourth-order valence-corrected chi connectivity index (χ4v) is 3.53. The van der Waals surface area contributed by atoms with E-state index in [2.05, 4.69) is 58.3 Å². The van der Waals surface area contributed by atoms with Crippen molar-refractivity contribution in [1.82, 2.24) is 9.47 Å². The Kier molecular flexibility index (Phi) is 5.71. The Morgan fingerprint density at radius 1 is 1.24 bits per heavy atom. The number of carbonyl (C=O) groups is 1. The molecule has 0 saturated carbocycles. The van der Waals surface area contributed by atoms with Crippen LogP contribution in [0.25, 0.3) is 5.57 Å². The van der Waals surface area contributed by atoms with Crippen LogP contribution >= 0.6 is 0 Å². The van der Waals surface area contributed by atoms with Crippen molar-refractivity contribution in [2.24, 2.45) is 13.0 Å². The van der Waals surface area contributed by atoms with E-state index in [9.17, 15) is 9.90 Å². The minimum atomic E-state index is -0.658. The second kappa shape index (κ2) is 8.17. The molecule has 1 aliphatic heterocycles. The number of hydrogen-bond donors (Lipinski definition) is 1. The molecule has 0 radical (unpaired) electrons. The second-order valence-electron chi connectivity index (χ2n) is 6.82. The number of aliphatic carboxylic acids is 1. The predicted molar refractivity (Wildman–Crippen MR) is 100 cm³/mol. The molecule has 1 saturated heterocycles. The molecule has 132 valence electrons. The van der Waals surface area contributed by atoms with Gasteiger partial charge in [-0.1, -0.05) is 36.4 Å². The zero-order chi connectivity index (χ0) is 17.6. The molecule has 0 aliphatic carbocycles. The number of carboxylic acids is 1. The van der Waals surface area contributed by atoms with Gasteiger partial charge in [-0.2, -0.15) is 0 Å². The normalized spacial score (nSPS) is 19.1. The Hall–Kier alpha value is -2.33. The molecular formula is C21H26N2O2. The van der Waals surface area contributed by atoms with Crippen LogP contribution in [0.2, 0.25) is 0 Å². The van der Waals surface area contributed by atoms with Gasteiger partial charge in [0, 0.05) is 32.5 Å². The van der Waals surface area contributed by atoms with Gasteiger partial charge in [-0.25, -0.2) is 0 Å². The number of piperidine rings is 1. The maximum absolute atomic E-state index is 11.2. The molecule has 1 aliphatic rings. The molecule has 1 atom stereocenters. The van der Waals surface area contributed by atoms with E-state index in [-0.39, 0.29) is 5.92 Å². The van der Waals surface area contributed by atoms with E-state index in [0.29, 0.717) is 6.54 Å². The largest absolute Gasteiger partial charge is 0.481 e. The van der Waals surface area contributed by atoms with Crippen molar-refractivity contribution in [1.29, 1.82) is 0 Å². The average Bonchev–Trinajstić information content (AvgIpc) is 3.06. The van der Waals surface area contributed by atoms with Crippen molar-refractivity contribution in [3.05, 3.63) is 66.0 Å². The van der Waals surface area contributed by atoms with Crippen LogP contribution in [-0.4, -0.2) is 40.2 Å². The highest BCUT2D eigenvalue weighted by Gasteiger charge is 2.24. The molecule has 2 aromatic rings. The highest BCUT2D eigenvalue weighted by atomic mass is 16.4. The minimum absolute atomic E-state index is 0.208. The topological polar surface area (TPSA) is 45.5 Å². The fourth-order valence-electron chi connectivity index (χ4n) is 3.53. The SMILES string of the molecule is Cn1ccc(/C(=C/CCN2CCCC(C(=O)O)C2)c2ccccc2)c1. The minimum Gasteiger partial charge on any atom is -0.481 e. The third-order valence-electron chi connectivity index (χ3n) is 4.88. The van der Waals surface area contributed by atoms with E-state index in [1.54, 1.807) is 0 Å². The molecule has 4 nitrogen and oxygen atoms in total. The highest BCUT2D eigenvalue weighted by Crippen LogP contribution is 2.24. The van der Waals surface area contributed by atoms with Gasteiger partial charge in [-0.3, -0.25) is 4.79 Å². The number of aryl methyl sites for hydroxylation is 1. The molecule has 25 heavy (non-hydrogen) atoms. The van der Waals surface area contributed by atoms with E-state index in [0.717, 1.165) is 32.4 Å². The molecule has 1 unspecified atom stereocenters. The summed E-state index contributed by atoms with van der Waals surface area (Å²) < 4.78 is 2.06. The molecule has 0 spiro atoms. The van der Waals surface area contributed by atoms with E-state index < -0.39 is 5.97 Å². The van der Waals surface area contributed by atoms with E-state index in [1.807, 2.05) is 13.1 Å². The first kappa shape index (κ1) is 17.5. The predicted octanol–water partition coefficient (Wildman–Crippen LogP) is 3.64. The third-order valence-corrected chi connectivity index (χ3v) is 4.88. The Bertz CT molecular complexity index is 733. The van der Waals surface area contributed by atoms with E-state index in [4.69, 9.17) is 0 Å². The van der Waals surface area contributed by atoms with Crippen molar-refractivity contribution in [3.63, 3.8) is 0 Å². The van der Waals surface area contributed by atoms with Gasteiger partial charge in [0.05, 0.1) is 5.92 Å². The number of benzene rings is 1. The maximum Gasteiger partial charge on any atom is 0.307 e. The van der Waals surface area contributed by atoms with Gasteiger partial charge in [0.1, 0.15) is 0 Å². The van der Waals surface area contributed by atoms with Crippen LogP contribution in [0.3, 0.4) is 0 Å². The third kappa shape index (κ3) is 4.60. The average molecular weight is 338 g/mol. The molecule has 4 heteroatoms. The van der Waals surface area contributed by atoms with Crippen molar-refractivity contribution in [2.45, 2.75) is 19.3 Å². The molecule has 0 bridgehead atoms. The van der Waals surface area contributed by atoms with Crippen LogP contribution in [0.5, 0.6) is 0 Å². The molecule has 1 fully saturated rings. The standard InChI is InChI=1S/C21H26N2O2/c1-22-14-11-18(15-22)20(17-7-3-2-4-8-17)10-6-13-23-12-5-9-19(16-23)21(24)25/h2-4,7-8,10-11,14-15,19H,5-6,9,12-13,16H2,1H3,(H,24,25)/b20-10+. The summed E-state index contributed by atoms with van der Waals surface area (Å²) in [6, 6.07) is 12.6. The van der Waals surface area contributed by atoms with E-state index in [1.165, 1.54) is 16.7 Å². The lowest BCUT2D eigenvalue weighted by Gasteiger charge is -2.30. The maximum atomic E-state index is 11.2. The summed E-state index contributed by atoms with van der Waals surface area (Å²) in [6.07, 6.45) is 9.20. The summed E-state index contributed by atoms with van der Waals surface area (Å²) in [5, 5.41) is 9.23. The Morgan fingerprint density at radius 3 is 2.72 bits per heavy atom.